The third-order valence-electron chi connectivity index (χ3n) is 5.65. The van der Waals surface area contributed by atoms with E-state index in [1.807, 2.05) is 53.3 Å². The maximum absolute atomic E-state index is 5.37. The van der Waals surface area contributed by atoms with E-state index in [0.29, 0.717) is 0 Å². The Bertz CT molecular complexity index is 1310. The van der Waals surface area contributed by atoms with E-state index in [2.05, 4.69) is 70.6 Å². The normalized spacial score (nSPS) is 15.8. The molecule has 0 unspecified atom stereocenters. The fourth-order valence-electron chi connectivity index (χ4n) is 4.09. The summed E-state index contributed by atoms with van der Waals surface area (Å²) in [6.45, 7) is 10.5. The van der Waals surface area contributed by atoms with Crippen molar-refractivity contribution in [2.45, 2.75) is 13.8 Å². The second-order valence-electron chi connectivity index (χ2n) is 8.07. The summed E-state index contributed by atoms with van der Waals surface area (Å²) in [5.74, 6) is 3.58. The number of ether oxygens (including phenoxy) is 2. The van der Waals surface area contributed by atoms with Crippen LogP contribution >= 0.6 is 28.7 Å². The Balaban J connectivity index is 0.000000153. The molecule has 14 heteroatoms. The van der Waals surface area contributed by atoms with E-state index in [1.165, 1.54) is 0 Å². The van der Waals surface area contributed by atoms with Crippen molar-refractivity contribution in [3.8, 4) is 0 Å². The van der Waals surface area contributed by atoms with Gasteiger partial charge in [-0.1, -0.05) is 0 Å². The second-order valence-corrected chi connectivity index (χ2v) is 9.11. The van der Waals surface area contributed by atoms with Crippen LogP contribution < -0.4 is 9.80 Å². The van der Waals surface area contributed by atoms with Crippen LogP contribution in [0.25, 0.3) is 11.0 Å². The minimum atomic E-state index is 0.761. The average molecular weight is 573 g/mol. The molecule has 2 saturated heterocycles. The SMILES string of the molecule is Cc1nc(N2CCOCC2)c2ccc(Br)n2n1.Cc1nc(N2CCOCC2)c2cccn2n1.[B]=NS. The zero-order valence-corrected chi connectivity index (χ0v) is 22.8. The Morgan fingerprint density at radius 3 is 1.97 bits per heavy atom. The van der Waals surface area contributed by atoms with Crippen LogP contribution in [0, 0.1) is 13.8 Å². The molecule has 4 aromatic rings. The van der Waals surface area contributed by atoms with Crippen molar-refractivity contribution in [3.63, 3.8) is 0 Å². The molecule has 0 saturated carbocycles. The topological polar surface area (TPSA) is 97.7 Å². The van der Waals surface area contributed by atoms with Gasteiger partial charge in [-0.25, -0.2) is 19.0 Å². The summed E-state index contributed by atoms with van der Waals surface area (Å²) >= 11 is 6.68. The van der Waals surface area contributed by atoms with E-state index in [-0.39, 0.29) is 0 Å². The van der Waals surface area contributed by atoms with Crippen molar-refractivity contribution in [1.29, 1.82) is 0 Å². The number of hydrogen-bond donors (Lipinski definition) is 1. The minimum absolute atomic E-state index is 0.761. The second kappa shape index (κ2) is 12.6. The first-order chi connectivity index (χ1) is 17.5. The molecule has 0 spiro atoms. The van der Waals surface area contributed by atoms with Crippen LogP contribution in [0.2, 0.25) is 0 Å². The van der Waals surface area contributed by atoms with Gasteiger partial charge in [0, 0.05) is 32.4 Å². The summed E-state index contributed by atoms with van der Waals surface area (Å²) in [5.41, 5.74) is 2.09. The summed E-state index contributed by atoms with van der Waals surface area (Å²) < 4.78 is 18.1. The van der Waals surface area contributed by atoms with Gasteiger partial charge in [-0.2, -0.15) is 10.2 Å². The van der Waals surface area contributed by atoms with E-state index >= 15 is 0 Å². The van der Waals surface area contributed by atoms with Gasteiger partial charge in [0.1, 0.15) is 27.3 Å². The molecule has 36 heavy (non-hydrogen) atoms. The molecule has 0 bridgehead atoms. The van der Waals surface area contributed by atoms with Gasteiger partial charge in [-0.3, -0.25) is 0 Å². The van der Waals surface area contributed by atoms with Crippen molar-refractivity contribution in [3.05, 3.63) is 46.7 Å². The van der Waals surface area contributed by atoms with Crippen LogP contribution in [0.4, 0.5) is 11.6 Å². The summed E-state index contributed by atoms with van der Waals surface area (Å²) in [6.07, 6.45) is 1.95. The molecule has 189 valence electrons. The van der Waals surface area contributed by atoms with Gasteiger partial charge >= 0.3 is 24.8 Å². The summed E-state index contributed by atoms with van der Waals surface area (Å²) in [5, 5.41) is 8.73. The number of aromatic nitrogens is 6. The Kier molecular flexibility index (Phi) is 9.29. The first-order valence-corrected chi connectivity index (χ1v) is 12.7. The molecule has 2 fully saturated rings. The van der Waals surface area contributed by atoms with Crippen molar-refractivity contribution < 1.29 is 9.47 Å². The monoisotopic (exact) mass is 572 g/mol. The molecule has 0 N–H and O–H groups in total. The van der Waals surface area contributed by atoms with Gasteiger partial charge in [0.2, 0.25) is 0 Å². The van der Waals surface area contributed by atoms with Gasteiger partial charge in [0.15, 0.2) is 11.6 Å². The van der Waals surface area contributed by atoms with Crippen molar-refractivity contribution in [2.24, 2.45) is 4.30 Å². The predicted octanol–water partition coefficient (Wildman–Crippen LogP) is 2.69. The standard InChI is InChI=1S/C11H13BrN4O.C11H14N4O.BHNS/c1-8-13-11(15-4-6-17-7-5-15)9-2-3-10(12)16(9)14-8;1-9-12-11(14-5-7-16-8-6-14)10-3-2-4-15(10)13-9;1-2-3/h2-3H,4-7H2,1H3;2-4H,5-8H2,1H3;3H. The molecule has 0 aliphatic carbocycles. The van der Waals surface area contributed by atoms with E-state index in [4.69, 9.17) is 9.47 Å². The third-order valence-corrected chi connectivity index (χ3v) is 6.25. The number of anilines is 2. The number of morpholine rings is 2. The predicted molar refractivity (Wildman–Crippen MR) is 146 cm³/mol. The Morgan fingerprint density at radius 2 is 1.39 bits per heavy atom. The van der Waals surface area contributed by atoms with E-state index in [1.54, 1.807) is 0 Å². The number of fused-ring (bicyclic) bond motifs is 2. The zero-order valence-electron chi connectivity index (χ0n) is 20.3. The Labute approximate surface area is 224 Å². The Hall–Kier alpha value is -2.55. The fraction of sp³-hybridized carbons (Fsp3) is 0.455. The van der Waals surface area contributed by atoms with Crippen molar-refractivity contribution >= 4 is 59.1 Å². The molecule has 2 aliphatic heterocycles. The molecule has 0 amide bonds. The first kappa shape index (κ1) is 26.5. The molecule has 0 atom stereocenters. The van der Waals surface area contributed by atoms with E-state index < -0.39 is 0 Å². The van der Waals surface area contributed by atoms with E-state index in [0.717, 1.165) is 91.5 Å². The van der Waals surface area contributed by atoms with Gasteiger partial charge < -0.3 is 19.3 Å². The summed E-state index contributed by atoms with van der Waals surface area (Å²) in [6, 6.07) is 8.07. The van der Waals surface area contributed by atoms with Crippen LogP contribution in [0.15, 0.2) is 39.4 Å². The molecule has 6 heterocycles. The van der Waals surface area contributed by atoms with Gasteiger partial charge in [-0.05, 0) is 54.0 Å². The number of halogens is 1. The molecule has 2 aliphatic rings. The summed E-state index contributed by atoms with van der Waals surface area (Å²) in [7, 11) is 4.34. The molecule has 0 aromatic carbocycles. The molecular formula is C22H28BBrN9O2S. The number of aryl methyl sites for hydroxylation is 2. The maximum atomic E-state index is 5.37. The molecular weight excluding hydrogens is 545 g/mol. The number of thiol groups is 1. The van der Waals surface area contributed by atoms with Crippen LogP contribution in [-0.2, 0) is 9.47 Å². The molecule has 11 nitrogen and oxygen atoms in total. The van der Waals surface area contributed by atoms with Crippen LogP contribution in [-0.4, -0.2) is 89.4 Å². The van der Waals surface area contributed by atoms with Gasteiger partial charge in [-0.15, -0.1) is 0 Å². The number of nitrogens with zero attached hydrogens (tertiary/aromatic N) is 9. The zero-order chi connectivity index (χ0) is 25.5. The third kappa shape index (κ3) is 6.23. The van der Waals surface area contributed by atoms with Gasteiger partial charge in [0.05, 0.1) is 26.4 Å². The quantitative estimate of drug-likeness (QED) is 0.289. The number of rotatable bonds is 2. The van der Waals surface area contributed by atoms with Crippen LogP contribution in [0.3, 0.4) is 0 Å². The fourth-order valence-corrected chi connectivity index (χ4v) is 4.50. The van der Waals surface area contributed by atoms with Crippen LogP contribution in [0.1, 0.15) is 11.6 Å². The van der Waals surface area contributed by atoms with Gasteiger partial charge in [0.25, 0.3) is 0 Å². The molecule has 4 aromatic heterocycles. The number of hydrogen-bond acceptors (Lipinski definition) is 10. The molecule has 6 rings (SSSR count). The molecule has 1 radical (unpaired) electrons. The Morgan fingerprint density at radius 1 is 0.861 bits per heavy atom. The van der Waals surface area contributed by atoms with E-state index in [9.17, 15) is 0 Å². The van der Waals surface area contributed by atoms with Crippen LogP contribution in [0.5, 0.6) is 0 Å². The van der Waals surface area contributed by atoms with Crippen molar-refractivity contribution in [2.75, 3.05) is 62.4 Å². The summed E-state index contributed by atoms with van der Waals surface area (Å²) in [4.78, 5) is 13.6. The average Bonchev–Trinajstić information content (AvgIpc) is 3.52. The first-order valence-electron chi connectivity index (χ1n) is 11.6. The van der Waals surface area contributed by atoms with Crippen molar-refractivity contribution in [1.82, 2.24) is 29.2 Å².